The van der Waals surface area contributed by atoms with Crippen molar-refractivity contribution in [3.8, 4) is 35.4 Å². The maximum atomic E-state index is 17.1. The van der Waals surface area contributed by atoms with Gasteiger partial charge in [-0.25, -0.2) is 21.9 Å². The second kappa shape index (κ2) is 13.7. The number of hydrogen-bond acceptors (Lipinski definition) is 10. The van der Waals surface area contributed by atoms with Gasteiger partial charge in [-0.3, -0.25) is 9.88 Å². The molecule has 0 aliphatic carbocycles. The predicted octanol–water partition coefficient (Wildman–Crippen LogP) is 4.78. The third kappa shape index (κ3) is 6.58. The van der Waals surface area contributed by atoms with Crippen LogP contribution in [0.1, 0.15) is 37.7 Å². The summed E-state index contributed by atoms with van der Waals surface area (Å²) in [6.07, 6.45) is 16.6. The summed E-state index contributed by atoms with van der Waals surface area (Å²) < 4.78 is 76.0. The normalized spacial score (nSPS) is 21.0. The molecule has 0 amide bonds. The molecule has 2 saturated heterocycles. The van der Waals surface area contributed by atoms with Crippen molar-refractivity contribution < 1.29 is 31.4 Å². The van der Waals surface area contributed by atoms with E-state index in [1.165, 1.54) is 19.4 Å². The Hall–Kier alpha value is -4.42. The summed E-state index contributed by atoms with van der Waals surface area (Å²) >= 11 is 0. The van der Waals surface area contributed by atoms with Crippen LogP contribution >= 0.6 is 0 Å². The Morgan fingerprint density at radius 3 is 2.66 bits per heavy atom. The van der Waals surface area contributed by atoms with Gasteiger partial charge in [0.05, 0.1) is 22.7 Å². The highest BCUT2D eigenvalue weighted by molar-refractivity contribution is 7.88. The molecule has 2 aromatic carbocycles. The number of benzene rings is 2. The number of sulfonamides is 1. The van der Waals surface area contributed by atoms with Gasteiger partial charge in [0.1, 0.15) is 35.2 Å². The molecule has 3 aliphatic heterocycles. The highest BCUT2D eigenvalue weighted by Gasteiger charge is 2.49. The van der Waals surface area contributed by atoms with Crippen LogP contribution in [0.15, 0.2) is 42.6 Å². The number of ether oxygens (including phenoxy) is 3. The van der Waals surface area contributed by atoms with Gasteiger partial charge < -0.3 is 19.1 Å². The van der Waals surface area contributed by atoms with Gasteiger partial charge >= 0.3 is 6.01 Å². The molecule has 5 heterocycles. The lowest BCUT2D eigenvalue weighted by atomic mass is 9.94. The molecule has 1 N–H and O–H groups in total. The number of nitrogens with zero attached hydrogens (tertiary/aromatic N) is 5. The summed E-state index contributed by atoms with van der Waals surface area (Å²) in [5.41, 5.74) is -0.301. The molecule has 2 fully saturated rings. The number of fused-ring (bicyclic) bond motifs is 3. The molecule has 50 heavy (non-hydrogen) atoms. The molecule has 2 aromatic heterocycles. The molecule has 11 nitrogen and oxygen atoms in total. The van der Waals surface area contributed by atoms with Crippen LogP contribution in [0.3, 0.4) is 0 Å². The number of methoxy groups -OCH3 is 1. The van der Waals surface area contributed by atoms with Gasteiger partial charge in [0.2, 0.25) is 10.0 Å². The smallest absolute Gasteiger partial charge is 0.319 e. The predicted molar refractivity (Wildman–Crippen MR) is 187 cm³/mol. The summed E-state index contributed by atoms with van der Waals surface area (Å²) in [5, 5.41) is 1.25. The van der Waals surface area contributed by atoms with E-state index in [1.807, 2.05) is 0 Å². The third-order valence-electron chi connectivity index (χ3n) is 9.68. The first kappa shape index (κ1) is 34.0. The van der Waals surface area contributed by atoms with Crippen molar-refractivity contribution in [3.63, 3.8) is 0 Å². The fourth-order valence-electron chi connectivity index (χ4n) is 7.59. The molecule has 0 spiro atoms. The van der Waals surface area contributed by atoms with Crippen molar-refractivity contribution in [3.05, 3.63) is 59.8 Å². The SMILES string of the molecule is C#Cc1c(F)ccc2cc(OCOC)cc(-c3ncc4c(N5CCC=CCC5)nc(OC[C@@]56CCCN5C[C@@H](NS(C)(=O)=O)C6)nc4c3F)c12. The molecule has 0 bridgehead atoms. The van der Waals surface area contributed by atoms with Crippen molar-refractivity contribution in [2.75, 3.05) is 57.8 Å². The molecule has 0 saturated carbocycles. The van der Waals surface area contributed by atoms with Crippen LogP contribution in [0.2, 0.25) is 0 Å². The van der Waals surface area contributed by atoms with E-state index in [4.69, 9.17) is 25.6 Å². The minimum Gasteiger partial charge on any atom is -0.468 e. The zero-order chi connectivity index (χ0) is 35.0. The van der Waals surface area contributed by atoms with Crippen LogP contribution in [-0.2, 0) is 14.8 Å². The number of nitrogens with one attached hydrogen (secondary N) is 1. The van der Waals surface area contributed by atoms with Crippen LogP contribution in [-0.4, -0.2) is 92.8 Å². The van der Waals surface area contributed by atoms with Crippen LogP contribution in [0.5, 0.6) is 11.8 Å². The van der Waals surface area contributed by atoms with E-state index >= 15 is 8.78 Å². The molecular weight excluding hydrogens is 666 g/mol. The van der Waals surface area contributed by atoms with Gasteiger partial charge in [-0.05, 0) is 62.2 Å². The maximum Gasteiger partial charge on any atom is 0.319 e. The minimum atomic E-state index is -3.38. The standard InChI is InChI=1S/C36H38F2N6O5S/c1-4-26-29(37)11-10-23-16-25(49-22-47-2)17-27(30(23)26)32-31(38)33-28(19-39-32)34(43-13-7-5-6-8-14-43)41-35(40-33)48-21-36-12-9-15-44(36)20-24(18-36)42-50(3,45)46/h1,5-6,10-11,16-17,19,24,42H,7-9,12-15,18,20-22H2,2-3H3/t24-,36-/m0/s1. The maximum absolute atomic E-state index is 17.1. The Balaban J connectivity index is 1.34. The quantitative estimate of drug-likeness (QED) is 0.140. The molecule has 0 unspecified atom stereocenters. The lowest BCUT2D eigenvalue weighted by Crippen LogP contribution is -2.43. The van der Waals surface area contributed by atoms with Crippen molar-refractivity contribution in [2.24, 2.45) is 0 Å². The van der Waals surface area contributed by atoms with Crippen molar-refractivity contribution in [1.82, 2.24) is 24.6 Å². The van der Waals surface area contributed by atoms with Crippen LogP contribution in [0.25, 0.3) is 32.9 Å². The fourth-order valence-corrected chi connectivity index (χ4v) is 8.35. The van der Waals surface area contributed by atoms with Crippen molar-refractivity contribution >= 4 is 37.5 Å². The highest BCUT2D eigenvalue weighted by atomic mass is 32.2. The monoisotopic (exact) mass is 704 g/mol. The van der Waals surface area contributed by atoms with Crippen LogP contribution in [0, 0.1) is 24.0 Å². The van der Waals surface area contributed by atoms with Crippen molar-refractivity contribution in [2.45, 2.75) is 43.7 Å². The van der Waals surface area contributed by atoms with Gasteiger partial charge in [-0.15, -0.1) is 6.42 Å². The van der Waals surface area contributed by atoms with E-state index in [0.29, 0.717) is 53.8 Å². The molecule has 3 aliphatic rings. The van der Waals surface area contributed by atoms with Gasteiger partial charge in [-0.2, -0.15) is 9.97 Å². The zero-order valence-electron chi connectivity index (χ0n) is 27.9. The average Bonchev–Trinajstić information content (AvgIpc) is 3.48. The first-order chi connectivity index (χ1) is 24.1. The lowest BCUT2D eigenvalue weighted by molar-refractivity contribution is 0.0512. The van der Waals surface area contributed by atoms with Gasteiger partial charge in [0.25, 0.3) is 0 Å². The minimum absolute atomic E-state index is 0.00102. The topological polar surface area (TPSA) is 119 Å². The lowest BCUT2D eigenvalue weighted by Gasteiger charge is -2.31. The molecule has 262 valence electrons. The first-order valence-electron chi connectivity index (χ1n) is 16.6. The number of anilines is 1. The number of hydrogen-bond donors (Lipinski definition) is 1. The Bertz CT molecular complexity index is 2130. The van der Waals surface area contributed by atoms with Gasteiger partial charge in [0.15, 0.2) is 12.6 Å². The summed E-state index contributed by atoms with van der Waals surface area (Å²) in [6, 6.07) is 5.82. The summed E-state index contributed by atoms with van der Waals surface area (Å²) in [5.74, 6) is 1.90. The molecular formula is C36H38F2N6O5S. The van der Waals surface area contributed by atoms with Gasteiger partial charge in [0, 0.05) is 49.9 Å². The van der Waals surface area contributed by atoms with E-state index < -0.39 is 27.2 Å². The second-order valence-corrected chi connectivity index (χ2v) is 14.9. The molecule has 14 heteroatoms. The van der Waals surface area contributed by atoms with Crippen LogP contribution in [0.4, 0.5) is 14.6 Å². The molecule has 7 rings (SSSR count). The fraction of sp³-hybridized carbons (Fsp3) is 0.417. The Labute approximate surface area is 289 Å². The largest absolute Gasteiger partial charge is 0.468 e. The Kier molecular flexibility index (Phi) is 9.34. The molecule has 4 aromatic rings. The van der Waals surface area contributed by atoms with E-state index in [9.17, 15) is 8.42 Å². The molecule has 2 atom stereocenters. The number of aromatic nitrogens is 3. The first-order valence-corrected chi connectivity index (χ1v) is 18.4. The van der Waals surface area contributed by atoms with Crippen molar-refractivity contribution in [1.29, 1.82) is 0 Å². The summed E-state index contributed by atoms with van der Waals surface area (Å²) in [6.45, 7) is 2.84. The number of halogens is 2. The summed E-state index contributed by atoms with van der Waals surface area (Å²) in [7, 11) is -1.90. The van der Waals surface area contributed by atoms with E-state index in [-0.39, 0.29) is 47.8 Å². The number of rotatable bonds is 10. The Morgan fingerprint density at radius 2 is 1.92 bits per heavy atom. The second-order valence-electron chi connectivity index (χ2n) is 13.1. The number of pyridine rings is 1. The third-order valence-corrected chi connectivity index (χ3v) is 10.4. The van der Waals surface area contributed by atoms with E-state index in [0.717, 1.165) is 38.5 Å². The average molecular weight is 705 g/mol. The van der Waals surface area contributed by atoms with Gasteiger partial charge in [-0.1, -0.05) is 24.1 Å². The highest BCUT2D eigenvalue weighted by Crippen LogP contribution is 2.41. The van der Waals surface area contributed by atoms with Crippen LogP contribution < -0.4 is 19.1 Å². The molecule has 0 radical (unpaired) electrons. The number of terminal acetylenes is 1. The zero-order valence-corrected chi connectivity index (χ0v) is 28.7. The Morgan fingerprint density at radius 1 is 1.12 bits per heavy atom. The van der Waals surface area contributed by atoms with E-state index in [1.54, 1.807) is 18.2 Å². The van der Waals surface area contributed by atoms with E-state index in [2.05, 4.69) is 42.6 Å². The summed E-state index contributed by atoms with van der Waals surface area (Å²) in [4.78, 5) is 18.3.